The number of amides is 3. The average Bonchev–Trinajstić information content (AvgIpc) is 3.58. The summed E-state index contributed by atoms with van der Waals surface area (Å²) in [6.45, 7) is 3.43. The van der Waals surface area contributed by atoms with Gasteiger partial charge in [0.15, 0.2) is 11.6 Å². The van der Waals surface area contributed by atoms with Crippen LogP contribution in [-0.4, -0.2) is 76.1 Å². The third-order valence-corrected chi connectivity index (χ3v) is 8.01. The number of H-pyrrole nitrogens is 1. The van der Waals surface area contributed by atoms with Gasteiger partial charge < -0.3 is 24.6 Å². The number of benzene rings is 2. The van der Waals surface area contributed by atoms with Crippen molar-refractivity contribution in [2.75, 3.05) is 33.3 Å². The Hall–Kier alpha value is -3.59. The Morgan fingerprint density at radius 1 is 1.14 bits per heavy atom. The van der Waals surface area contributed by atoms with Gasteiger partial charge in [-0.05, 0) is 74.6 Å². The van der Waals surface area contributed by atoms with E-state index in [-0.39, 0.29) is 23.4 Å². The topological polar surface area (TPSA) is 89.1 Å². The summed E-state index contributed by atoms with van der Waals surface area (Å²) in [5.41, 5.74) is 3.14. The molecule has 3 amide bonds. The van der Waals surface area contributed by atoms with Gasteiger partial charge in [-0.2, -0.15) is 0 Å². The van der Waals surface area contributed by atoms with Crippen LogP contribution in [0.1, 0.15) is 42.1 Å². The van der Waals surface area contributed by atoms with Crippen molar-refractivity contribution in [2.45, 2.75) is 44.2 Å². The molecule has 0 saturated carbocycles. The van der Waals surface area contributed by atoms with Crippen LogP contribution in [-0.2, 0) is 17.6 Å². The van der Waals surface area contributed by atoms with Crippen LogP contribution in [0.4, 0.5) is 9.18 Å². The van der Waals surface area contributed by atoms with Crippen molar-refractivity contribution in [3.05, 3.63) is 59.0 Å². The summed E-state index contributed by atoms with van der Waals surface area (Å²) in [4.78, 5) is 36.1. The molecule has 194 valence electrons. The Bertz CT molecular complexity index is 1370. The first kappa shape index (κ1) is 23.8. The van der Waals surface area contributed by atoms with E-state index in [2.05, 4.69) is 9.88 Å². The SMILES string of the molecule is COc1cc2c3c([nH]c2cc1F)C(Cc1cccc(O)c1)N1C(=O)N(CCCN2CCCC2)C(=O)[C@@H]1C3. The summed E-state index contributed by atoms with van der Waals surface area (Å²) in [5, 5.41) is 10.8. The molecule has 0 bridgehead atoms. The van der Waals surface area contributed by atoms with E-state index in [0.717, 1.165) is 48.3 Å². The highest BCUT2D eigenvalue weighted by Crippen LogP contribution is 2.43. The number of carbonyl (C=O) groups is 2. The molecule has 3 aliphatic rings. The summed E-state index contributed by atoms with van der Waals surface area (Å²) in [5.74, 6) is -0.379. The highest BCUT2D eigenvalue weighted by Gasteiger charge is 2.51. The lowest BCUT2D eigenvalue weighted by molar-refractivity contribution is -0.128. The number of ether oxygens (including phenoxy) is 1. The molecule has 0 aliphatic carbocycles. The van der Waals surface area contributed by atoms with Crippen molar-refractivity contribution in [1.29, 1.82) is 0 Å². The van der Waals surface area contributed by atoms with E-state index in [1.807, 2.05) is 6.07 Å². The predicted octanol–water partition coefficient (Wildman–Crippen LogP) is 3.98. The van der Waals surface area contributed by atoms with Crippen molar-refractivity contribution >= 4 is 22.8 Å². The van der Waals surface area contributed by atoms with Crippen LogP contribution in [0.25, 0.3) is 10.9 Å². The lowest BCUT2D eigenvalue weighted by Gasteiger charge is -2.36. The number of phenolic OH excluding ortho intramolecular Hbond substituents is 1. The normalized spacial score (nSPS) is 21.7. The molecule has 4 heterocycles. The van der Waals surface area contributed by atoms with Gasteiger partial charge in [-0.3, -0.25) is 9.69 Å². The molecule has 37 heavy (non-hydrogen) atoms. The van der Waals surface area contributed by atoms with Gasteiger partial charge in [0.25, 0.3) is 5.91 Å². The summed E-state index contributed by atoms with van der Waals surface area (Å²) in [6.07, 6.45) is 3.92. The number of imide groups is 1. The Morgan fingerprint density at radius 2 is 1.95 bits per heavy atom. The van der Waals surface area contributed by atoms with Crippen molar-refractivity contribution < 1.29 is 23.8 Å². The second kappa shape index (κ2) is 9.37. The smallest absolute Gasteiger partial charge is 0.328 e. The standard InChI is InChI=1S/C28H31FN4O4/c1-37-25-15-19-20-14-24-27(35)32(11-5-10-31-8-2-3-9-31)28(36)33(24)23(13-17-6-4-7-18(34)12-17)26(20)30-22(19)16-21(25)29/h4,6-7,12,15-16,23-24,30,34H,2-3,5,8-11,13-14H2,1H3/t23?,24-/m0/s1. The van der Waals surface area contributed by atoms with E-state index >= 15 is 0 Å². The Kier molecular flexibility index (Phi) is 6.03. The van der Waals surface area contributed by atoms with Crippen LogP contribution in [0.5, 0.6) is 11.5 Å². The third kappa shape index (κ3) is 4.11. The molecule has 0 radical (unpaired) electrons. The molecular formula is C28H31FN4O4. The largest absolute Gasteiger partial charge is 0.508 e. The number of urea groups is 1. The lowest BCUT2D eigenvalue weighted by atomic mass is 9.89. The molecule has 2 aromatic carbocycles. The summed E-state index contributed by atoms with van der Waals surface area (Å²) < 4.78 is 19.7. The fourth-order valence-corrected chi connectivity index (χ4v) is 6.24. The van der Waals surface area contributed by atoms with Crippen LogP contribution in [0.2, 0.25) is 0 Å². The van der Waals surface area contributed by atoms with Crippen molar-refractivity contribution in [2.24, 2.45) is 0 Å². The minimum atomic E-state index is -0.621. The maximum atomic E-state index is 14.5. The number of rotatable bonds is 7. The number of likely N-dealkylation sites (tertiary alicyclic amines) is 1. The van der Waals surface area contributed by atoms with Gasteiger partial charge in [-0.1, -0.05) is 12.1 Å². The molecule has 9 heteroatoms. The van der Waals surface area contributed by atoms with E-state index in [0.29, 0.717) is 24.9 Å². The number of nitrogens with zero attached hydrogens (tertiary/aromatic N) is 3. The number of halogens is 1. The van der Waals surface area contributed by atoms with E-state index in [4.69, 9.17) is 4.74 Å². The van der Waals surface area contributed by atoms with E-state index in [1.54, 1.807) is 29.2 Å². The average molecular weight is 507 g/mol. The van der Waals surface area contributed by atoms with Gasteiger partial charge in [-0.25, -0.2) is 9.18 Å². The number of nitrogens with one attached hydrogen (secondary N) is 1. The number of aromatic amines is 1. The number of methoxy groups -OCH3 is 1. The number of aromatic nitrogens is 1. The zero-order valence-corrected chi connectivity index (χ0v) is 20.9. The summed E-state index contributed by atoms with van der Waals surface area (Å²) in [7, 11) is 1.43. The second-order valence-corrected chi connectivity index (χ2v) is 10.2. The monoisotopic (exact) mass is 506 g/mol. The van der Waals surface area contributed by atoms with Gasteiger partial charge in [0.2, 0.25) is 0 Å². The minimum Gasteiger partial charge on any atom is -0.508 e. The third-order valence-electron chi connectivity index (χ3n) is 8.01. The molecule has 6 rings (SSSR count). The van der Waals surface area contributed by atoms with Gasteiger partial charge in [-0.15, -0.1) is 0 Å². The summed E-state index contributed by atoms with van der Waals surface area (Å²) >= 11 is 0. The molecule has 1 unspecified atom stereocenters. The van der Waals surface area contributed by atoms with Crippen LogP contribution < -0.4 is 4.74 Å². The molecule has 2 N–H and O–H groups in total. The number of fused-ring (bicyclic) bond motifs is 4. The Morgan fingerprint density at radius 3 is 2.70 bits per heavy atom. The van der Waals surface area contributed by atoms with E-state index < -0.39 is 17.9 Å². The first-order valence-electron chi connectivity index (χ1n) is 13.0. The lowest BCUT2D eigenvalue weighted by Crippen LogP contribution is -2.44. The molecule has 2 fully saturated rings. The molecule has 1 aromatic heterocycles. The number of hydrogen-bond acceptors (Lipinski definition) is 5. The van der Waals surface area contributed by atoms with Crippen LogP contribution in [0.3, 0.4) is 0 Å². The molecule has 2 atom stereocenters. The van der Waals surface area contributed by atoms with Gasteiger partial charge in [0.1, 0.15) is 11.8 Å². The van der Waals surface area contributed by atoms with Crippen molar-refractivity contribution in [3.63, 3.8) is 0 Å². The quantitative estimate of drug-likeness (QED) is 0.474. The Balaban J connectivity index is 1.36. The molecule has 0 spiro atoms. The minimum absolute atomic E-state index is 0.138. The number of aromatic hydroxyl groups is 1. The highest BCUT2D eigenvalue weighted by atomic mass is 19.1. The first-order chi connectivity index (χ1) is 17.9. The molecule has 8 nitrogen and oxygen atoms in total. The van der Waals surface area contributed by atoms with E-state index in [9.17, 15) is 19.1 Å². The molecule has 3 aliphatic heterocycles. The molecular weight excluding hydrogens is 475 g/mol. The van der Waals surface area contributed by atoms with Crippen LogP contribution >= 0.6 is 0 Å². The number of carbonyl (C=O) groups excluding carboxylic acids is 2. The van der Waals surface area contributed by atoms with Crippen molar-refractivity contribution in [1.82, 2.24) is 19.7 Å². The molecule has 3 aromatic rings. The fourth-order valence-electron chi connectivity index (χ4n) is 6.24. The zero-order chi connectivity index (χ0) is 25.7. The second-order valence-electron chi connectivity index (χ2n) is 10.2. The zero-order valence-electron chi connectivity index (χ0n) is 20.9. The highest BCUT2D eigenvalue weighted by molar-refractivity contribution is 6.05. The van der Waals surface area contributed by atoms with Gasteiger partial charge >= 0.3 is 6.03 Å². The molecule has 2 saturated heterocycles. The van der Waals surface area contributed by atoms with Gasteiger partial charge in [0, 0.05) is 35.6 Å². The maximum absolute atomic E-state index is 14.5. The maximum Gasteiger partial charge on any atom is 0.328 e. The predicted molar refractivity (Wildman–Crippen MR) is 136 cm³/mol. The van der Waals surface area contributed by atoms with Crippen LogP contribution in [0, 0.1) is 5.82 Å². The van der Waals surface area contributed by atoms with Gasteiger partial charge in [0.05, 0.1) is 13.2 Å². The number of phenols is 1. The van der Waals surface area contributed by atoms with Crippen molar-refractivity contribution in [3.8, 4) is 11.5 Å². The summed E-state index contributed by atoms with van der Waals surface area (Å²) in [6, 6.07) is 8.63. The van der Waals surface area contributed by atoms with E-state index in [1.165, 1.54) is 30.9 Å². The first-order valence-corrected chi connectivity index (χ1v) is 13.0. The van der Waals surface area contributed by atoms with Crippen LogP contribution in [0.15, 0.2) is 36.4 Å². The Labute approximate surface area is 214 Å². The fraction of sp³-hybridized carbons (Fsp3) is 0.429. The number of hydrogen-bond donors (Lipinski definition) is 2.